The Morgan fingerprint density at radius 2 is 0.913 bits per heavy atom. The van der Waals surface area contributed by atoms with Crippen molar-refractivity contribution in [3.05, 3.63) is 168 Å². The Labute approximate surface area is 392 Å². The smallest absolute Gasteiger partial charge is 0.259 e. The monoisotopic (exact) mass is 942 g/mol. The van der Waals surface area contributed by atoms with Crippen LogP contribution in [-0.2, 0) is 9.84 Å². The number of amides is 4. The number of azo groups is 2. The molecule has 0 aliphatic heterocycles. The van der Waals surface area contributed by atoms with E-state index in [4.69, 9.17) is 20.9 Å². The molecule has 0 atom stereocenters. The van der Waals surface area contributed by atoms with Crippen LogP contribution in [0.25, 0.3) is 21.5 Å². The lowest BCUT2D eigenvalue weighted by molar-refractivity contribution is 0.0992. The number of benzene rings is 8. The van der Waals surface area contributed by atoms with Crippen LogP contribution in [0.2, 0.25) is 0 Å². The molecule has 0 saturated carbocycles. The number of rotatable bonds is 14. The molecule has 4 amide bonds. The largest absolute Gasteiger partial charge is 0.505 e. The summed E-state index contributed by atoms with van der Waals surface area (Å²) in [6.07, 6.45) is 0. The van der Waals surface area contributed by atoms with Gasteiger partial charge in [-0.2, -0.15) is 0 Å². The van der Waals surface area contributed by atoms with Gasteiger partial charge in [0.1, 0.15) is 34.2 Å². The number of nitrogens with two attached hydrogens (primary N) is 2. The molecule has 8 aromatic carbocycles. The molecule has 0 spiro atoms. The van der Waals surface area contributed by atoms with Gasteiger partial charge in [0.15, 0.2) is 11.5 Å². The van der Waals surface area contributed by atoms with Crippen LogP contribution in [0.5, 0.6) is 23.0 Å². The van der Waals surface area contributed by atoms with Gasteiger partial charge in [-0.3, -0.25) is 19.2 Å². The minimum absolute atomic E-state index is 0.0630. The molecule has 18 nitrogen and oxygen atoms in total. The second-order valence-electron chi connectivity index (χ2n) is 15.1. The molecular weight excluding hydrogens is 905 g/mol. The van der Waals surface area contributed by atoms with Crippen molar-refractivity contribution in [2.45, 2.75) is 9.79 Å². The first kappa shape index (κ1) is 46.1. The van der Waals surface area contributed by atoms with Crippen molar-refractivity contribution in [1.82, 2.24) is 0 Å². The number of anilines is 2. The Morgan fingerprint density at radius 1 is 0.507 bits per heavy atom. The van der Waals surface area contributed by atoms with Gasteiger partial charge in [0, 0.05) is 33.3 Å². The number of phenols is 2. The Morgan fingerprint density at radius 3 is 1.30 bits per heavy atom. The molecule has 19 heteroatoms. The van der Waals surface area contributed by atoms with Crippen LogP contribution in [-0.4, -0.2) is 56.5 Å². The van der Waals surface area contributed by atoms with Gasteiger partial charge in [0.2, 0.25) is 21.7 Å². The highest BCUT2D eigenvalue weighted by atomic mass is 32.2. The van der Waals surface area contributed by atoms with Crippen molar-refractivity contribution in [2.75, 3.05) is 24.9 Å². The first-order chi connectivity index (χ1) is 33.2. The van der Waals surface area contributed by atoms with E-state index in [-0.39, 0.29) is 77.7 Å². The third-order valence-corrected chi connectivity index (χ3v) is 12.5. The van der Waals surface area contributed by atoms with Crippen LogP contribution in [0, 0.1) is 0 Å². The molecule has 0 saturated heterocycles. The van der Waals surface area contributed by atoms with Gasteiger partial charge in [-0.15, -0.1) is 20.5 Å². The van der Waals surface area contributed by atoms with Crippen molar-refractivity contribution >= 4 is 89.1 Å². The third-order valence-electron chi connectivity index (χ3n) is 10.7. The van der Waals surface area contributed by atoms with Crippen LogP contribution in [0.1, 0.15) is 41.4 Å². The molecule has 8 aromatic rings. The van der Waals surface area contributed by atoms with Gasteiger partial charge in [-0.25, -0.2) is 8.42 Å². The zero-order valence-corrected chi connectivity index (χ0v) is 37.2. The van der Waals surface area contributed by atoms with Crippen molar-refractivity contribution in [2.24, 2.45) is 31.9 Å². The quantitative estimate of drug-likeness (QED) is 0.0561. The van der Waals surface area contributed by atoms with E-state index in [0.29, 0.717) is 21.5 Å². The van der Waals surface area contributed by atoms with Gasteiger partial charge in [-0.1, -0.05) is 60.7 Å². The fraction of sp³-hybridized carbons (Fsp3) is 0.0400. The van der Waals surface area contributed by atoms with Crippen LogP contribution in [0.3, 0.4) is 0 Å². The maximum absolute atomic E-state index is 14.1. The first-order valence-corrected chi connectivity index (χ1v) is 22.0. The van der Waals surface area contributed by atoms with Gasteiger partial charge >= 0.3 is 0 Å². The lowest BCUT2D eigenvalue weighted by Gasteiger charge is -2.13. The minimum atomic E-state index is -4.30. The summed E-state index contributed by atoms with van der Waals surface area (Å²) in [5.74, 6) is -3.57. The number of ether oxygens (including phenoxy) is 2. The van der Waals surface area contributed by atoms with E-state index in [0.717, 1.165) is 0 Å². The third kappa shape index (κ3) is 9.46. The molecule has 0 fully saturated rings. The van der Waals surface area contributed by atoms with Crippen molar-refractivity contribution in [1.29, 1.82) is 0 Å². The van der Waals surface area contributed by atoms with E-state index in [2.05, 4.69) is 31.1 Å². The van der Waals surface area contributed by atoms with Crippen LogP contribution in [0.15, 0.2) is 176 Å². The minimum Gasteiger partial charge on any atom is -0.505 e. The number of nitrogens with one attached hydrogen (secondary N) is 2. The first-order valence-electron chi connectivity index (χ1n) is 20.5. The summed E-state index contributed by atoms with van der Waals surface area (Å²) in [6.45, 7) is 0. The number of carbonyl (C=O) groups is 4. The fourth-order valence-corrected chi connectivity index (χ4v) is 8.60. The molecule has 0 radical (unpaired) electrons. The molecule has 0 aromatic heterocycles. The van der Waals surface area contributed by atoms with E-state index in [1.54, 1.807) is 48.5 Å². The van der Waals surface area contributed by atoms with Crippen molar-refractivity contribution in [3.63, 3.8) is 0 Å². The number of nitrogens with zero attached hydrogens (tertiary/aromatic N) is 4. The maximum atomic E-state index is 14.1. The second-order valence-corrected chi connectivity index (χ2v) is 17.0. The van der Waals surface area contributed by atoms with E-state index in [1.165, 1.54) is 111 Å². The van der Waals surface area contributed by atoms with Gasteiger partial charge in [0.05, 0.1) is 35.1 Å². The number of methoxy groups -OCH3 is 2. The molecule has 0 unspecified atom stereocenters. The molecule has 8 rings (SSSR count). The Bertz CT molecular complexity index is 3370. The van der Waals surface area contributed by atoms with E-state index in [9.17, 15) is 37.8 Å². The van der Waals surface area contributed by atoms with E-state index in [1.807, 2.05) is 0 Å². The highest BCUT2D eigenvalue weighted by Gasteiger charge is 2.24. The highest BCUT2D eigenvalue weighted by Crippen LogP contribution is 2.43. The number of sulfone groups is 1. The predicted molar refractivity (Wildman–Crippen MR) is 257 cm³/mol. The summed E-state index contributed by atoms with van der Waals surface area (Å²) in [6, 6.07) is 36.0. The summed E-state index contributed by atoms with van der Waals surface area (Å²) >= 11 is 0. The number of fused-ring (bicyclic) bond motifs is 2. The van der Waals surface area contributed by atoms with Crippen LogP contribution < -0.4 is 31.6 Å². The van der Waals surface area contributed by atoms with Crippen molar-refractivity contribution < 1.29 is 47.3 Å². The maximum Gasteiger partial charge on any atom is 0.259 e. The fourth-order valence-electron chi connectivity index (χ4n) is 7.25. The lowest BCUT2D eigenvalue weighted by atomic mass is 10.0. The molecule has 0 bridgehead atoms. The summed E-state index contributed by atoms with van der Waals surface area (Å²) in [5, 5.41) is 47.1. The summed E-state index contributed by atoms with van der Waals surface area (Å²) in [7, 11) is -1.50. The van der Waals surface area contributed by atoms with Gasteiger partial charge in [-0.05, 0) is 95.7 Å². The molecular formula is C50H38N8O10S. The summed E-state index contributed by atoms with van der Waals surface area (Å²) in [4.78, 5) is 51.0. The number of hydrogen-bond acceptors (Lipinski definition) is 14. The number of hydrogen-bond donors (Lipinski definition) is 6. The summed E-state index contributed by atoms with van der Waals surface area (Å²) < 4.78 is 38.9. The number of primary amides is 2. The molecule has 0 heterocycles. The second kappa shape index (κ2) is 19.2. The summed E-state index contributed by atoms with van der Waals surface area (Å²) in [5.41, 5.74) is 11.0. The molecule has 344 valence electrons. The average molecular weight is 943 g/mol. The van der Waals surface area contributed by atoms with Crippen LogP contribution in [0.4, 0.5) is 34.1 Å². The Hall–Kier alpha value is -9.49. The topological polar surface area (TPSA) is 287 Å². The van der Waals surface area contributed by atoms with E-state index < -0.39 is 45.0 Å². The van der Waals surface area contributed by atoms with Crippen LogP contribution >= 0.6 is 0 Å². The number of aromatic hydroxyl groups is 2. The molecule has 0 aliphatic rings. The molecule has 8 N–H and O–H groups in total. The highest BCUT2D eigenvalue weighted by molar-refractivity contribution is 7.91. The van der Waals surface area contributed by atoms with Crippen molar-refractivity contribution in [3.8, 4) is 23.0 Å². The SMILES string of the molecule is COc1ccc(C(N)=O)cc1N=Nc1c(O)c(C(=O)Nc2cccc(S(=O)(=O)c3cccc(NC(=O)c4cc5ccccc5c(N=Nc5cc(C(N)=O)ccc5OC)c4O)c3)c2)cc2ccccc12. The predicted octanol–water partition coefficient (Wildman–Crippen LogP) is 9.79. The average Bonchev–Trinajstić information content (AvgIpc) is 3.35. The number of carbonyl (C=O) groups excluding carboxylic acids is 4. The Balaban J connectivity index is 1.05. The normalized spacial score (nSPS) is 11.5. The standard InChI is InChI=1S/C50H38N8O10S/c1-67-41-19-17-29(47(51)61)23-39(41)55-57-43-35-15-5-3-9-27(35)21-37(45(43)59)49(63)53-31-11-7-13-33(25-31)69(65,66)34-14-8-12-32(26-34)54-50(64)38-22-28-10-4-6-16-36(28)44(46(38)60)58-56-40-24-30(48(52)62)18-20-42(40)68-2/h3-26,59-60H,1-2H3,(H2,51,61)(H2,52,62)(H,53,63)(H,54,64). The van der Waals surface area contributed by atoms with Gasteiger partial charge in [0.25, 0.3) is 11.8 Å². The lowest BCUT2D eigenvalue weighted by Crippen LogP contribution is -2.13. The number of phenolic OH excluding ortho intramolecular Hbond substituents is 2. The van der Waals surface area contributed by atoms with E-state index >= 15 is 0 Å². The zero-order valence-electron chi connectivity index (χ0n) is 36.4. The molecule has 0 aliphatic carbocycles. The Kier molecular flexibility index (Phi) is 12.8. The zero-order chi connectivity index (χ0) is 49.0. The van der Waals surface area contributed by atoms with Gasteiger partial charge < -0.3 is 41.8 Å². The molecule has 69 heavy (non-hydrogen) atoms.